The van der Waals surface area contributed by atoms with Crippen LogP contribution in [0.2, 0.25) is 0 Å². The number of nitrogens with one attached hydrogen (secondary N) is 1. The van der Waals surface area contributed by atoms with Gasteiger partial charge < -0.3 is 14.7 Å². The standard InChI is InChI=1S/C25H22FN5O4/c1-27-17-4-2-3-15(11-17)24(34)30-9-7-29(8-10-30)21-12-16-14-31(25(35)18(16)13-19(21)26)20-5-6-22(32)28-23(20)33/h2-4,11-13,20H,5-10,14H2,(H,28,32,33). The van der Waals surface area contributed by atoms with Crippen molar-refractivity contribution in [1.82, 2.24) is 15.1 Å². The van der Waals surface area contributed by atoms with Gasteiger partial charge in [-0.25, -0.2) is 9.24 Å². The Morgan fingerprint density at radius 3 is 2.57 bits per heavy atom. The normalized spacial score (nSPS) is 19.9. The van der Waals surface area contributed by atoms with Crippen LogP contribution in [0.1, 0.15) is 39.1 Å². The molecule has 35 heavy (non-hydrogen) atoms. The summed E-state index contributed by atoms with van der Waals surface area (Å²) in [4.78, 5) is 57.7. The third kappa shape index (κ3) is 4.10. The monoisotopic (exact) mass is 475 g/mol. The van der Waals surface area contributed by atoms with E-state index in [0.717, 1.165) is 0 Å². The Balaban J connectivity index is 1.29. The van der Waals surface area contributed by atoms with Gasteiger partial charge in [-0.3, -0.25) is 24.5 Å². The summed E-state index contributed by atoms with van der Waals surface area (Å²) in [5.41, 5.74) is 2.05. The Kier molecular flexibility index (Phi) is 5.68. The molecule has 3 aliphatic heterocycles. The Labute approximate surface area is 200 Å². The number of halogens is 1. The van der Waals surface area contributed by atoms with Crippen LogP contribution in [-0.2, 0) is 16.1 Å². The van der Waals surface area contributed by atoms with Gasteiger partial charge in [-0.05, 0) is 30.2 Å². The van der Waals surface area contributed by atoms with Crippen molar-refractivity contribution in [3.63, 3.8) is 0 Å². The summed E-state index contributed by atoms with van der Waals surface area (Å²) in [6.45, 7) is 8.89. The van der Waals surface area contributed by atoms with Crippen LogP contribution >= 0.6 is 0 Å². The summed E-state index contributed by atoms with van der Waals surface area (Å²) < 4.78 is 15.1. The fourth-order valence-electron chi connectivity index (χ4n) is 4.86. The van der Waals surface area contributed by atoms with Crippen LogP contribution in [0.4, 0.5) is 15.8 Å². The molecule has 0 aliphatic carbocycles. The first kappa shape index (κ1) is 22.5. The number of rotatable bonds is 3. The average Bonchev–Trinajstić information content (AvgIpc) is 3.18. The summed E-state index contributed by atoms with van der Waals surface area (Å²) in [7, 11) is 0. The average molecular weight is 475 g/mol. The number of amides is 4. The number of hydrogen-bond acceptors (Lipinski definition) is 5. The van der Waals surface area contributed by atoms with Crippen LogP contribution in [0.25, 0.3) is 4.85 Å². The third-order valence-corrected chi connectivity index (χ3v) is 6.72. The smallest absolute Gasteiger partial charge is 0.255 e. The zero-order chi connectivity index (χ0) is 24.7. The molecule has 2 aromatic rings. The number of carbonyl (C=O) groups excluding carboxylic acids is 4. The van der Waals surface area contributed by atoms with Crippen molar-refractivity contribution < 1.29 is 23.6 Å². The van der Waals surface area contributed by atoms with E-state index < -0.39 is 23.7 Å². The predicted octanol–water partition coefficient (Wildman–Crippen LogP) is 2.10. The number of benzene rings is 2. The summed E-state index contributed by atoms with van der Waals surface area (Å²) in [6, 6.07) is 8.66. The van der Waals surface area contributed by atoms with Crippen molar-refractivity contribution in [2.24, 2.45) is 0 Å². The van der Waals surface area contributed by atoms with E-state index in [1.807, 2.05) is 4.90 Å². The van der Waals surface area contributed by atoms with Crippen LogP contribution in [0.3, 0.4) is 0 Å². The zero-order valence-corrected chi connectivity index (χ0v) is 18.8. The molecule has 0 saturated carbocycles. The third-order valence-electron chi connectivity index (χ3n) is 6.72. The fraction of sp³-hybridized carbons (Fsp3) is 0.320. The van der Waals surface area contributed by atoms with Gasteiger partial charge in [-0.15, -0.1) is 0 Å². The van der Waals surface area contributed by atoms with E-state index in [1.54, 1.807) is 35.2 Å². The molecule has 1 unspecified atom stereocenters. The molecule has 2 fully saturated rings. The largest absolute Gasteiger partial charge is 0.366 e. The van der Waals surface area contributed by atoms with Crippen molar-refractivity contribution in [1.29, 1.82) is 0 Å². The Bertz CT molecular complexity index is 1300. The van der Waals surface area contributed by atoms with Gasteiger partial charge in [0.25, 0.3) is 11.8 Å². The molecule has 9 nitrogen and oxygen atoms in total. The Morgan fingerprint density at radius 1 is 1.09 bits per heavy atom. The minimum absolute atomic E-state index is 0.154. The van der Waals surface area contributed by atoms with Gasteiger partial charge in [0, 0.05) is 50.3 Å². The molecule has 5 rings (SSSR count). The molecule has 10 heteroatoms. The molecular weight excluding hydrogens is 453 g/mol. The number of piperidine rings is 1. The molecule has 1 atom stereocenters. The molecule has 0 aromatic heterocycles. The highest BCUT2D eigenvalue weighted by Gasteiger charge is 2.40. The second-order valence-corrected chi connectivity index (χ2v) is 8.80. The van der Waals surface area contributed by atoms with Crippen LogP contribution in [-0.4, -0.2) is 65.6 Å². The molecule has 2 aromatic carbocycles. The molecule has 0 spiro atoms. The highest BCUT2D eigenvalue weighted by atomic mass is 19.1. The molecule has 3 heterocycles. The fourth-order valence-corrected chi connectivity index (χ4v) is 4.86. The molecule has 4 amide bonds. The van der Waals surface area contributed by atoms with Crippen LogP contribution in [0, 0.1) is 12.4 Å². The highest BCUT2D eigenvalue weighted by molar-refractivity contribution is 6.05. The van der Waals surface area contributed by atoms with E-state index in [1.165, 1.54) is 11.0 Å². The second-order valence-electron chi connectivity index (χ2n) is 8.80. The summed E-state index contributed by atoms with van der Waals surface area (Å²) in [6.07, 6.45) is 0.399. The van der Waals surface area contributed by atoms with Crippen LogP contribution in [0.5, 0.6) is 0 Å². The van der Waals surface area contributed by atoms with E-state index in [2.05, 4.69) is 10.2 Å². The SMILES string of the molecule is [C-]#[N+]c1cccc(C(=O)N2CCN(c3cc4c(cc3F)C(=O)N(C3CCC(=O)NC3=O)C4)CC2)c1. The summed E-state index contributed by atoms with van der Waals surface area (Å²) in [5, 5.41) is 2.26. The van der Waals surface area contributed by atoms with Crippen molar-refractivity contribution in [3.8, 4) is 0 Å². The quantitative estimate of drug-likeness (QED) is 0.542. The zero-order valence-electron chi connectivity index (χ0n) is 18.8. The minimum atomic E-state index is -0.755. The van der Waals surface area contributed by atoms with Crippen LogP contribution in [0.15, 0.2) is 36.4 Å². The summed E-state index contributed by atoms with van der Waals surface area (Å²) in [5.74, 6) is -2.00. The number of fused-ring (bicyclic) bond motifs is 1. The van der Waals surface area contributed by atoms with E-state index in [4.69, 9.17) is 6.57 Å². The van der Waals surface area contributed by atoms with Gasteiger partial charge in [-0.2, -0.15) is 0 Å². The van der Waals surface area contributed by atoms with Gasteiger partial charge in [0.2, 0.25) is 11.8 Å². The number of piperazine rings is 1. The van der Waals surface area contributed by atoms with E-state index in [9.17, 15) is 19.2 Å². The molecule has 3 aliphatic rings. The second kappa shape index (κ2) is 8.83. The number of anilines is 1. The summed E-state index contributed by atoms with van der Waals surface area (Å²) >= 11 is 0. The lowest BCUT2D eigenvalue weighted by molar-refractivity contribution is -0.136. The number of hydrogen-bond donors (Lipinski definition) is 1. The number of nitrogens with zero attached hydrogens (tertiary/aromatic N) is 4. The molecule has 0 radical (unpaired) electrons. The van der Waals surface area contributed by atoms with Crippen molar-refractivity contribution in [2.45, 2.75) is 25.4 Å². The van der Waals surface area contributed by atoms with Crippen molar-refractivity contribution in [3.05, 3.63) is 70.3 Å². The van der Waals surface area contributed by atoms with E-state index >= 15 is 4.39 Å². The van der Waals surface area contributed by atoms with Gasteiger partial charge in [0.1, 0.15) is 11.9 Å². The Morgan fingerprint density at radius 2 is 1.86 bits per heavy atom. The molecule has 178 valence electrons. The lowest BCUT2D eigenvalue weighted by Crippen LogP contribution is -2.52. The van der Waals surface area contributed by atoms with Gasteiger partial charge >= 0.3 is 0 Å². The van der Waals surface area contributed by atoms with E-state index in [-0.39, 0.29) is 36.8 Å². The first-order valence-corrected chi connectivity index (χ1v) is 11.3. The van der Waals surface area contributed by atoms with Crippen LogP contribution < -0.4 is 10.2 Å². The first-order valence-electron chi connectivity index (χ1n) is 11.3. The molecule has 2 saturated heterocycles. The predicted molar refractivity (Wildman–Crippen MR) is 123 cm³/mol. The topological polar surface area (TPSA) is 94.4 Å². The highest BCUT2D eigenvalue weighted by Crippen LogP contribution is 2.33. The first-order chi connectivity index (χ1) is 16.9. The van der Waals surface area contributed by atoms with Crippen molar-refractivity contribution >= 4 is 35.0 Å². The van der Waals surface area contributed by atoms with E-state index in [0.29, 0.717) is 48.7 Å². The minimum Gasteiger partial charge on any atom is -0.366 e. The lowest BCUT2D eigenvalue weighted by atomic mass is 10.0. The van der Waals surface area contributed by atoms with Crippen molar-refractivity contribution in [2.75, 3.05) is 31.1 Å². The van der Waals surface area contributed by atoms with Gasteiger partial charge in [0.05, 0.1) is 12.3 Å². The number of carbonyl (C=O) groups is 4. The maximum atomic E-state index is 15.1. The molecule has 0 bridgehead atoms. The molecule has 1 N–H and O–H groups in total. The lowest BCUT2D eigenvalue weighted by Gasteiger charge is -2.36. The number of imide groups is 1. The Hall–Kier alpha value is -4.26. The van der Waals surface area contributed by atoms with Gasteiger partial charge in [-0.1, -0.05) is 18.2 Å². The van der Waals surface area contributed by atoms with Gasteiger partial charge in [0.15, 0.2) is 5.69 Å². The molecular formula is C25H22FN5O4. The maximum Gasteiger partial charge on any atom is 0.255 e. The maximum absolute atomic E-state index is 15.1.